The standard InChI is InChI=1S/C14H18N2S2/c1-15-12(9-14-16-6-8-18-14)10-3-2-4-13-11(10)5-7-17-13/h5-8,10,12,15H,2-4,9H2,1H3. The summed E-state index contributed by atoms with van der Waals surface area (Å²) >= 11 is 3.69. The van der Waals surface area contributed by atoms with Gasteiger partial charge >= 0.3 is 0 Å². The Morgan fingerprint density at radius 1 is 1.44 bits per heavy atom. The highest BCUT2D eigenvalue weighted by Crippen LogP contribution is 2.37. The molecule has 0 radical (unpaired) electrons. The van der Waals surface area contributed by atoms with Gasteiger partial charge in [0.1, 0.15) is 0 Å². The lowest BCUT2D eigenvalue weighted by atomic mass is 9.81. The fraction of sp³-hybridized carbons (Fsp3) is 0.500. The molecule has 2 atom stereocenters. The molecule has 0 bridgehead atoms. The highest BCUT2D eigenvalue weighted by molar-refractivity contribution is 7.10. The van der Waals surface area contributed by atoms with Crippen molar-refractivity contribution in [1.29, 1.82) is 0 Å². The van der Waals surface area contributed by atoms with Crippen LogP contribution in [0.25, 0.3) is 0 Å². The monoisotopic (exact) mass is 278 g/mol. The summed E-state index contributed by atoms with van der Waals surface area (Å²) in [7, 11) is 2.08. The van der Waals surface area contributed by atoms with E-state index in [9.17, 15) is 0 Å². The Bertz CT molecular complexity index is 490. The first kappa shape index (κ1) is 12.3. The van der Waals surface area contributed by atoms with Crippen molar-refractivity contribution in [1.82, 2.24) is 10.3 Å². The minimum absolute atomic E-state index is 0.518. The molecular formula is C14H18N2S2. The number of aromatic nitrogens is 1. The van der Waals surface area contributed by atoms with Crippen molar-refractivity contribution in [2.24, 2.45) is 0 Å². The van der Waals surface area contributed by atoms with Gasteiger partial charge in [-0.3, -0.25) is 0 Å². The van der Waals surface area contributed by atoms with E-state index in [-0.39, 0.29) is 0 Å². The maximum atomic E-state index is 4.42. The van der Waals surface area contributed by atoms with Crippen molar-refractivity contribution >= 4 is 22.7 Å². The minimum atomic E-state index is 0.518. The molecule has 0 fully saturated rings. The molecule has 2 aromatic heterocycles. The first-order valence-corrected chi connectivity index (χ1v) is 8.26. The Hall–Kier alpha value is -0.710. The number of hydrogen-bond acceptors (Lipinski definition) is 4. The van der Waals surface area contributed by atoms with Gasteiger partial charge in [0.25, 0.3) is 0 Å². The Morgan fingerprint density at radius 3 is 3.17 bits per heavy atom. The first-order chi connectivity index (χ1) is 8.88. The fourth-order valence-electron chi connectivity index (χ4n) is 2.93. The van der Waals surface area contributed by atoms with Gasteiger partial charge in [0.05, 0.1) is 5.01 Å². The molecule has 2 unspecified atom stereocenters. The molecule has 1 aliphatic carbocycles. The van der Waals surface area contributed by atoms with Gasteiger partial charge in [-0.05, 0) is 43.3 Å². The van der Waals surface area contributed by atoms with Gasteiger partial charge in [0.2, 0.25) is 0 Å². The third-order valence-corrected chi connectivity index (χ3v) is 5.63. The van der Waals surface area contributed by atoms with Crippen LogP contribution >= 0.6 is 22.7 Å². The van der Waals surface area contributed by atoms with Crippen LogP contribution in [0.2, 0.25) is 0 Å². The molecule has 2 nitrogen and oxygen atoms in total. The van der Waals surface area contributed by atoms with Crippen LogP contribution in [-0.2, 0) is 12.8 Å². The second-order valence-corrected chi connectivity index (χ2v) is 6.80. The lowest BCUT2D eigenvalue weighted by Gasteiger charge is -2.30. The van der Waals surface area contributed by atoms with Crippen LogP contribution < -0.4 is 5.32 Å². The number of thiazole rings is 1. The van der Waals surface area contributed by atoms with Gasteiger partial charge in [-0.15, -0.1) is 22.7 Å². The van der Waals surface area contributed by atoms with E-state index in [0.717, 1.165) is 6.42 Å². The molecule has 0 amide bonds. The Balaban J connectivity index is 1.81. The van der Waals surface area contributed by atoms with Gasteiger partial charge in [0, 0.05) is 34.8 Å². The number of fused-ring (bicyclic) bond motifs is 1. The molecule has 96 valence electrons. The summed E-state index contributed by atoms with van der Waals surface area (Å²) in [4.78, 5) is 6.03. The number of likely N-dealkylation sites (N-methyl/N-ethyl adjacent to an activating group) is 1. The quantitative estimate of drug-likeness (QED) is 0.926. The van der Waals surface area contributed by atoms with Crippen LogP contribution in [0.5, 0.6) is 0 Å². The Kier molecular flexibility index (Phi) is 3.77. The second-order valence-electron chi connectivity index (χ2n) is 4.82. The first-order valence-electron chi connectivity index (χ1n) is 6.50. The Labute approximate surface area is 116 Å². The lowest BCUT2D eigenvalue weighted by Crippen LogP contribution is -2.35. The molecular weight excluding hydrogens is 260 g/mol. The molecule has 2 aromatic rings. The van der Waals surface area contributed by atoms with Gasteiger partial charge < -0.3 is 5.32 Å². The summed E-state index contributed by atoms with van der Waals surface area (Å²) in [6.07, 6.45) is 6.86. The summed E-state index contributed by atoms with van der Waals surface area (Å²) in [5, 5.41) is 9.08. The van der Waals surface area contributed by atoms with Gasteiger partial charge in [-0.2, -0.15) is 0 Å². The highest BCUT2D eigenvalue weighted by Gasteiger charge is 2.28. The maximum Gasteiger partial charge on any atom is 0.0940 e. The topological polar surface area (TPSA) is 24.9 Å². The van der Waals surface area contributed by atoms with Crippen LogP contribution in [0, 0.1) is 0 Å². The highest BCUT2D eigenvalue weighted by atomic mass is 32.1. The van der Waals surface area contributed by atoms with Gasteiger partial charge in [0.15, 0.2) is 0 Å². The molecule has 4 heteroatoms. The van der Waals surface area contributed by atoms with Crippen LogP contribution in [0.15, 0.2) is 23.0 Å². The van der Waals surface area contributed by atoms with Gasteiger partial charge in [-0.1, -0.05) is 0 Å². The number of thiophene rings is 1. The van der Waals surface area contributed by atoms with E-state index in [2.05, 4.69) is 34.2 Å². The summed E-state index contributed by atoms with van der Waals surface area (Å²) in [6, 6.07) is 2.85. The third-order valence-electron chi connectivity index (χ3n) is 3.83. The van der Waals surface area contributed by atoms with Crippen molar-refractivity contribution in [2.45, 2.75) is 37.6 Å². The van der Waals surface area contributed by atoms with Crippen LogP contribution in [0.3, 0.4) is 0 Å². The third kappa shape index (κ3) is 2.37. The number of rotatable bonds is 4. The molecule has 0 aliphatic heterocycles. The number of nitrogens with zero attached hydrogens (tertiary/aromatic N) is 1. The summed E-state index contributed by atoms with van der Waals surface area (Å²) < 4.78 is 0. The van der Waals surface area contributed by atoms with Crippen molar-refractivity contribution in [3.05, 3.63) is 38.5 Å². The molecule has 1 N–H and O–H groups in total. The van der Waals surface area contributed by atoms with Crippen molar-refractivity contribution in [2.75, 3.05) is 7.05 Å². The number of nitrogens with one attached hydrogen (secondary N) is 1. The van der Waals surface area contributed by atoms with Crippen molar-refractivity contribution in [3.63, 3.8) is 0 Å². The van der Waals surface area contributed by atoms with E-state index in [0.29, 0.717) is 12.0 Å². The van der Waals surface area contributed by atoms with E-state index >= 15 is 0 Å². The zero-order chi connectivity index (χ0) is 12.4. The van der Waals surface area contributed by atoms with Gasteiger partial charge in [-0.25, -0.2) is 4.98 Å². The molecule has 2 heterocycles. The van der Waals surface area contributed by atoms with E-state index < -0.39 is 0 Å². The summed E-state index contributed by atoms with van der Waals surface area (Å²) in [6.45, 7) is 0. The Morgan fingerprint density at radius 2 is 2.39 bits per heavy atom. The zero-order valence-corrected chi connectivity index (χ0v) is 12.2. The van der Waals surface area contributed by atoms with Crippen LogP contribution in [-0.4, -0.2) is 18.1 Å². The zero-order valence-electron chi connectivity index (χ0n) is 10.6. The van der Waals surface area contributed by atoms with E-state index in [1.807, 2.05) is 17.5 Å². The largest absolute Gasteiger partial charge is 0.316 e. The predicted molar refractivity (Wildman–Crippen MR) is 78.7 cm³/mol. The second kappa shape index (κ2) is 5.51. The van der Waals surface area contributed by atoms with E-state index in [1.165, 1.54) is 24.3 Å². The molecule has 1 aliphatic rings. The maximum absolute atomic E-state index is 4.42. The number of aryl methyl sites for hydroxylation is 1. The lowest BCUT2D eigenvalue weighted by molar-refractivity contribution is 0.413. The molecule has 0 aromatic carbocycles. The fourth-order valence-corrected chi connectivity index (χ4v) is 4.60. The van der Waals surface area contributed by atoms with Crippen LogP contribution in [0.1, 0.15) is 34.2 Å². The van der Waals surface area contributed by atoms with Crippen LogP contribution in [0.4, 0.5) is 0 Å². The summed E-state index contributed by atoms with van der Waals surface area (Å²) in [5.74, 6) is 0.661. The normalized spacial score (nSPS) is 20.6. The van der Waals surface area contributed by atoms with E-state index in [4.69, 9.17) is 0 Å². The van der Waals surface area contributed by atoms with Crippen molar-refractivity contribution in [3.8, 4) is 0 Å². The molecule has 0 saturated carbocycles. The molecule has 0 saturated heterocycles. The van der Waals surface area contributed by atoms with Crippen molar-refractivity contribution < 1.29 is 0 Å². The average Bonchev–Trinajstić information content (AvgIpc) is 3.06. The molecule has 3 rings (SSSR count). The average molecular weight is 278 g/mol. The summed E-state index contributed by atoms with van der Waals surface area (Å²) in [5.41, 5.74) is 1.59. The minimum Gasteiger partial charge on any atom is -0.316 e. The van der Waals surface area contributed by atoms with E-state index in [1.54, 1.807) is 21.8 Å². The molecule has 0 spiro atoms. The SMILES string of the molecule is CNC(Cc1nccs1)C1CCCc2sccc21. The smallest absolute Gasteiger partial charge is 0.0940 e. The predicted octanol–water partition coefficient (Wildman–Crippen LogP) is 3.46. The number of hydrogen-bond donors (Lipinski definition) is 1. The molecule has 18 heavy (non-hydrogen) atoms.